The Labute approximate surface area is 128 Å². The number of anilines is 2. The quantitative estimate of drug-likeness (QED) is 0.782. The molecular weight excluding hydrogens is 258 g/mol. The molecule has 1 heterocycles. The van der Waals surface area contributed by atoms with Crippen molar-refractivity contribution in [1.82, 2.24) is 4.98 Å². The third-order valence-corrected chi connectivity index (χ3v) is 3.46. The van der Waals surface area contributed by atoms with Gasteiger partial charge in [-0.1, -0.05) is 31.5 Å². The summed E-state index contributed by atoms with van der Waals surface area (Å²) in [4.78, 5) is 6.78. The molecule has 0 spiro atoms. The maximum atomic E-state index is 4.34. The molecule has 0 unspecified atom stereocenters. The molecule has 2 aromatic rings. The molecule has 0 atom stereocenters. The van der Waals surface area contributed by atoms with Gasteiger partial charge in [0.25, 0.3) is 0 Å². The predicted octanol–water partition coefficient (Wildman–Crippen LogP) is 4.32. The molecule has 0 radical (unpaired) electrons. The number of hydrogen-bond donors (Lipinski definition) is 1. The van der Waals surface area contributed by atoms with Gasteiger partial charge < -0.3 is 10.2 Å². The fourth-order valence-corrected chi connectivity index (χ4v) is 2.36. The number of unbranched alkanes of at least 4 members (excludes halogenated alkanes) is 1. The number of benzene rings is 1. The molecule has 112 valence electrons. The SMILES string of the molecule is CCCCN(Cc1ccnc(NCC)c1)c1ccccc1. The minimum absolute atomic E-state index is 0.898. The second-order valence-corrected chi connectivity index (χ2v) is 5.19. The first kappa shape index (κ1) is 15.4. The molecule has 1 aromatic heterocycles. The van der Waals surface area contributed by atoms with Gasteiger partial charge in [0.15, 0.2) is 0 Å². The van der Waals surface area contributed by atoms with E-state index in [0.717, 1.165) is 25.5 Å². The van der Waals surface area contributed by atoms with Gasteiger partial charge in [-0.25, -0.2) is 4.98 Å². The van der Waals surface area contributed by atoms with E-state index in [2.05, 4.69) is 71.5 Å². The summed E-state index contributed by atoms with van der Waals surface area (Å²) in [6, 6.07) is 14.9. The molecule has 0 amide bonds. The molecule has 0 saturated heterocycles. The molecule has 0 aliphatic carbocycles. The first-order valence-corrected chi connectivity index (χ1v) is 7.82. The van der Waals surface area contributed by atoms with Crippen LogP contribution in [0.15, 0.2) is 48.7 Å². The lowest BCUT2D eigenvalue weighted by atomic mass is 10.2. The maximum absolute atomic E-state index is 4.34. The molecule has 2 rings (SSSR count). The van der Waals surface area contributed by atoms with E-state index in [4.69, 9.17) is 0 Å². The van der Waals surface area contributed by atoms with Crippen LogP contribution < -0.4 is 10.2 Å². The van der Waals surface area contributed by atoms with Gasteiger partial charge in [-0.15, -0.1) is 0 Å². The van der Waals surface area contributed by atoms with Crippen LogP contribution in [0.3, 0.4) is 0 Å². The topological polar surface area (TPSA) is 28.2 Å². The zero-order valence-electron chi connectivity index (χ0n) is 13.0. The number of para-hydroxylation sites is 1. The van der Waals surface area contributed by atoms with Crippen molar-refractivity contribution in [3.8, 4) is 0 Å². The van der Waals surface area contributed by atoms with Crippen LogP contribution >= 0.6 is 0 Å². The number of nitrogens with one attached hydrogen (secondary N) is 1. The molecule has 0 saturated carbocycles. The van der Waals surface area contributed by atoms with Crippen LogP contribution in [0, 0.1) is 0 Å². The third kappa shape index (κ3) is 4.78. The highest BCUT2D eigenvalue weighted by molar-refractivity contribution is 5.47. The zero-order valence-corrected chi connectivity index (χ0v) is 13.0. The molecule has 21 heavy (non-hydrogen) atoms. The van der Waals surface area contributed by atoms with E-state index in [1.807, 2.05) is 6.20 Å². The van der Waals surface area contributed by atoms with Crippen molar-refractivity contribution in [1.29, 1.82) is 0 Å². The Balaban J connectivity index is 2.12. The molecule has 0 aliphatic heterocycles. The third-order valence-electron chi connectivity index (χ3n) is 3.46. The predicted molar refractivity (Wildman–Crippen MR) is 90.8 cm³/mol. The van der Waals surface area contributed by atoms with E-state index < -0.39 is 0 Å². The first-order valence-electron chi connectivity index (χ1n) is 7.82. The van der Waals surface area contributed by atoms with E-state index in [1.54, 1.807) is 0 Å². The normalized spacial score (nSPS) is 10.4. The highest BCUT2D eigenvalue weighted by Gasteiger charge is 2.07. The Kier molecular flexibility index (Phi) is 6.07. The average Bonchev–Trinajstić information content (AvgIpc) is 2.53. The summed E-state index contributed by atoms with van der Waals surface area (Å²) in [5, 5.41) is 3.27. The maximum Gasteiger partial charge on any atom is 0.126 e. The second-order valence-electron chi connectivity index (χ2n) is 5.19. The molecule has 3 heteroatoms. The van der Waals surface area contributed by atoms with Gasteiger partial charge in [-0.05, 0) is 43.2 Å². The van der Waals surface area contributed by atoms with Gasteiger partial charge in [0.05, 0.1) is 0 Å². The van der Waals surface area contributed by atoms with Crippen LogP contribution in [0.5, 0.6) is 0 Å². The second kappa shape index (κ2) is 8.30. The van der Waals surface area contributed by atoms with E-state index in [1.165, 1.54) is 24.1 Å². The van der Waals surface area contributed by atoms with Crippen LogP contribution in [0.25, 0.3) is 0 Å². The van der Waals surface area contributed by atoms with Crippen molar-refractivity contribution < 1.29 is 0 Å². The number of hydrogen-bond acceptors (Lipinski definition) is 3. The minimum atomic E-state index is 0.898. The van der Waals surface area contributed by atoms with E-state index in [9.17, 15) is 0 Å². The Morgan fingerprint density at radius 3 is 2.62 bits per heavy atom. The molecule has 3 nitrogen and oxygen atoms in total. The lowest BCUT2D eigenvalue weighted by Gasteiger charge is -2.25. The number of rotatable bonds is 8. The van der Waals surface area contributed by atoms with Crippen molar-refractivity contribution in [2.75, 3.05) is 23.3 Å². The average molecular weight is 283 g/mol. The molecule has 1 N–H and O–H groups in total. The van der Waals surface area contributed by atoms with Crippen molar-refractivity contribution in [3.63, 3.8) is 0 Å². The summed E-state index contributed by atoms with van der Waals surface area (Å²) < 4.78 is 0. The number of nitrogens with zero attached hydrogens (tertiary/aromatic N) is 2. The van der Waals surface area contributed by atoms with Crippen LogP contribution in [-0.4, -0.2) is 18.1 Å². The first-order chi connectivity index (χ1) is 10.3. The van der Waals surface area contributed by atoms with Gasteiger partial charge >= 0.3 is 0 Å². The van der Waals surface area contributed by atoms with Crippen molar-refractivity contribution in [2.45, 2.75) is 33.2 Å². The lowest BCUT2D eigenvalue weighted by Crippen LogP contribution is -2.23. The fourth-order valence-electron chi connectivity index (χ4n) is 2.36. The zero-order chi connectivity index (χ0) is 14.9. The standard InChI is InChI=1S/C18H25N3/c1-3-5-13-21(17-9-7-6-8-10-17)15-16-11-12-20-18(14-16)19-4-2/h6-12,14H,3-5,13,15H2,1-2H3,(H,19,20). The van der Waals surface area contributed by atoms with Crippen molar-refractivity contribution in [3.05, 3.63) is 54.2 Å². The van der Waals surface area contributed by atoms with Gasteiger partial charge in [0.1, 0.15) is 5.82 Å². The van der Waals surface area contributed by atoms with Crippen LogP contribution in [0.1, 0.15) is 32.3 Å². The lowest BCUT2D eigenvalue weighted by molar-refractivity contribution is 0.715. The van der Waals surface area contributed by atoms with E-state index in [0.29, 0.717) is 0 Å². The molecule has 1 aromatic carbocycles. The summed E-state index contributed by atoms with van der Waals surface area (Å²) in [7, 11) is 0. The Bertz CT molecular complexity index is 525. The Morgan fingerprint density at radius 2 is 1.90 bits per heavy atom. The highest BCUT2D eigenvalue weighted by Crippen LogP contribution is 2.18. The van der Waals surface area contributed by atoms with Gasteiger partial charge in [-0.3, -0.25) is 0 Å². The minimum Gasteiger partial charge on any atom is -0.370 e. The Morgan fingerprint density at radius 1 is 1.10 bits per heavy atom. The molecule has 0 fully saturated rings. The monoisotopic (exact) mass is 283 g/mol. The van der Waals surface area contributed by atoms with Gasteiger partial charge in [0.2, 0.25) is 0 Å². The number of aromatic nitrogens is 1. The summed E-state index contributed by atoms with van der Waals surface area (Å²) in [5.74, 6) is 0.957. The smallest absolute Gasteiger partial charge is 0.126 e. The summed E-state index contributed by atoms with van der Waals surface area (Å²) >= 11 is 0. The van der Waals surface area contributed by atoms with E-state index >= 15 is 0 Å². The van der Waals surface area contributed by atoms with Crippen LogP contribution in [-0.2, 0) is 6.54 Å². The largest absolute Gasteiger partial charge is 0.370 e. The van der Waals surface area contributed by atoms with Gasteiger partial charge in [-0.2, -0.15) is 0 Å². The number of pyridine rings is 1. The molecule has 0 bridgehead atoms. The van der Waals surface area contributed by atoms with Crippen molar-refractivity contribution in [2.24, 2.45) is 0 Å². The molecule has 0 aliphatic rings. The summed E-state index contributed by atoms with van der Waals surface area (Å²) in [6.45, 7) is 7.23. The van der Waals surface area contributed by atoms with Crippen molar-refractivity contribution >= 4 is 11.5 Å². The molecular formula is C18H25N3. The Hall–Kier alpha value is -2.03. The summed E-state index contributed by atoms with van der Waals surface area (Å²) in [5.41, 5.74) is 2.58. The van der Waals surface area contributed by atoms with Gasteiger partial charge in [0, 0.05) is 31.5 Å². The van der Waals surface area contributed by atoms with E-state index in [-0.39, 0.29) is 0 Å². The summed E-state index contributed by atoms with van der Waals surface area (Å²) in [6.07, 6.45) is 4.30. The van der Waals surface area contributed by atoms with Crippen LogP contribution in [0.4, 0.5) is 11.5 Å². The highest BCUT2D eigenvalue weighted by atomic mass is 15.1. The fraction of sp³-hybridized carbons (Fsp3) is 0.389. The van der Waals surface area contributed by atoms with Crippen LogP contribution in [0.2, 0.25) is 0 Å².